The zero-order valence-corrected chi connectivity index (χ0v) is 17.9. The smallest absolute Gasteiger partial charge is 0.309 e. The van der Waals surface area contributed by atoms with Crippen LogP contribution in [0.5, 0.6) is 0 Å². The number of hydrogen-bond acceptors (Lipinski definition) is 4. The molecule has 1 aromatic carbocycles. The molecule has 0 radical (unpaired) electrons. The van der Waals surface area contributed by atoms with Crippen molar-refractivity contribution in [3.8, 4) is 0 Å². The van der Waals surface area contributed by atoms with Crippen molar-refractivity contribution in [2.75, 3.05) is 16.8 Å². The van der Waals surface area contributed by atoms with Gasteiger partial charge in [0.05, 0.1) is 17.3 Å². The van der Waals surface area contributed by atoms with E-state index < -0.39 is 0 Å². The molecule has 1 aliphatic heterocycles. The predicted octanol–water partition coefficient (Wildman–Crippen LogP) is 4.15. The van der Waals surface area contributed by atoms with Gasteiger partial charge >= 0.3 is 5.97 Å². The largest absolute Gasteiger partial charge is 0.455 e. The molecule has 3 rings (SSSR count). The fourth-order valence-electron chi connectivity index (χ4n) is 4.48. The molecule has 0 saturated heterocycles. The molecule has 0 aromatic heterocycles. The second kappa shape index (κ2) is 8.56. The molecule has 1 saturated carbocycles. The number of esters is 1. The Balaban J connectivity index is 1.60. The van der Waals surface area contributed by atoms with Gasteiger partial charge in [0.25, 0.3) is 5.91 Å². The van der Waals surface area contributed by atoms with E-state index in [-0.39, 0.29) is 48.2 Å². The number of amides is 2. The van der Waals surface area contributed by atoms with Crippen molar-refractivity contribution in [3.63, 3.8) is 0 Å². The molecule has 2 amide bonds. The van der Waals surface area contributed by atoms with Gasteiger partial charge in [-0.15, -0.1) is 0 Å². The molecule has 29 heavy (non-hydrogen) atoms. The van der Waals surface area contributed by atoms with Gasteiger partial charge in [-0.1, -0.05) is 32.9 Å². The zero-order valence-electron chi connectivity index (χ0n) is 17.9. The lowest BCUT2D eigenvalue weighted by Gasteiger charge is -2.36. The molecule has 1 aromatic rings. The van der Waals surface area contributed by atoms with Crippen molar-refractivity contribution in [2.24, 2.45) is 17.3 Å². The lowest BCUT2D eigenvalue weighted by atomic mass is 9.70. The van der Waals surface area contributed by atoms with Crippen LogP contribution in [0.15, 0.2) is 24.3 Å². The van der Waals surface area contributed by atoms with Gasteiger partial charge in [-0.2, -0.15) is 0 Å². The van der Waals surface area contributed by atoms with Crippen molar-refractivity contribution >= 4 is 29.2 Å². The summed E-state index contributed by atoms with van der Waals surface area (Å²) in [7, 11) is 0. The molecular weight excluding hydrogens is 368 g/mol. The molecule has 1 atom stereocenters. The van der Waals surface area contributed by atoms with E-state index >= 15 is 0 Å². The quantitative estimate of drug-likeness (QED) is 0.774. The Hall–Kier alpha value is -2.37. The minimum Gasteiger partial charge on any atom is -0.455 e. The molecule has 1 unspecified atom stereocenters. The maximum Gasteiger partial charge on any atom is 0.309 e. The Morgan fingerprint density at radius 3 is 2.45 bits per heavy atom. The number of rotatable bonds is 3. The van der Waals surface area contributed by atoms with Gasteiger partial charge in [0.1, 0.15) is 0 Å². The fraction of sp³-hybridized carbons (Fsp3) is 0.609. The highest BCUT2D eigenvalue weighted by atomic mass is 16.5. The first-order valence-electron chi connectivity index (χ1n) is 10.5. The third-order valence-electron chi connectivity index (χ3n) is 6.25. The number of nitrogens with one attached hydrogen (secondary N) is 1. The van der Waals surface area contributed by atoms with Gasteiger partial charge in [-0.05, 0) is 56.1 Å². The van der Waals surface area contributed by atoms with E-state index in [2.05, 4.69) is 26.1 Å². The summed E-state index contributed by atoms with van der Waals surface area (Å²) in [6, 6.07) is 6.89. The lowest BCUT2D eigenvalue weighted by molar-refractivity contribution is -0.153. The van der Waals surface area contributed by atoms with E-state index in [1.807, 2.05) is 19.1 Å². The summed E-state index contributed by atoms with van der Waals surface area (Å²) in [5.74, 6) is -0.229. The Bertz CT molecular complexity index is 775. The SMILES string of the molecule is CC1CC(=O)Nc2ccccc2N1C(=O)COC(=O)C1CCC(C(C)(C)C)CC1. The lowest BCUT2D eigenvalue weighted by Crippen LogP contribution is -2.42. The van der Waals surface area contributed by atoms with Crippen molar-refractivity contribution in [3.05, 3.63) is 24.3 Å². The Morgan fingerprint density at radius 1 is 1.14 bits per heavy atom. The van der Waals surface area contributed by atoms with Crippen molar-refractivity contribution in [2.45, 2.75) is 65.8 Å². The molecule has 1 fully saturated rings. The number of carbonyl (C=O) groups is 3. The molecule has 2 aliphatic rings. The van der Waals surface area contributed by atoms with E-state index in [1.165, 1.54) is 0 Å². The number of nitrogens with zero attached hydrogens (tertiary/aromatic N) is 1. The highest BCUT2D eigenvalue weighted by Gasteiger charge is 2.34. The number of para-hydroxylation sites is 2. The van der Waals surface area contributed by atoms with Gasteiger partial charge in [0.15, 0.2) is 6.61 Å². The average molecular weight is 401 g/mol. The van der Waals surface area contributed by atoms with Crippen molar-refractivity contribution in [1.29, 1.82) is 0 Å². The number of anilines is 2. The van der Waals surface area contributed by atoms with E-state index in [9.17, 15) is 14.4 Å². The van der Waals surface area contributed by atoms with Crippen LogP contribution in [-0.4, -0.2) is 30.4 Å². The summed E-state index contributed by atoms with van der Waals surface area (Å²) in [4.78, 5) is 39.1. The first-order chi connectivity index (χ1) is 13.7. The normalized spacial score (nSPS) is 24.9. The van der Waals surface area contributed by atoms with E-state index in [4.69, 9.17) is 4.74 Å². The molecule has 1 aliphatic carbocycles. The average Bonchev–Trinajstić information content (AvgIpc) is 2.79. The highest BCUT2D eigenvalue weighted by molar-refractivity contribution is 6.05. The summed E-state index contributed by atoms with van der Waals surface area (Å²) in [5.41, 5.74) is 1.49. The molecule has 1 N–H and O–H groups in total. The highest BCUT2D eigenvalue weighted by Crippen LogP contribution is 2.40. The van der Waals surface area contributed by atoms with Crippen molar-refractivity contribution in [1.82, 2.24) is 0 Å². The van der Waals surface area contributed by atoms with Crippen LogP contribution < -0.4 is 10.2 Å². The van der Waals surface area contributed by atoms with Gasteiger partial charge in [-0.25, -0.2) is 0 Å². The number of fused-ring (bicyclic) bond motifs is 1. The van der Waals surface area contributed by atoms with Crippen LogP contribution in [0.3, 0.4) is 0 Å². The maximum atomic E-state index is 12.9. The summed E-state index contributed by atoms with van der Waals surface area (Å²) < 4.78 is 5.41. The Labute approximate surface area is 173 Å². The standard InChI is InChI=1S/C23H32N2O4/c1-15-13-20(26)24-18-7-5-6-8-19(18)25(15)21(27)14-29-22(28)16-9-11-17(12-10-16)23(2,3)4/h5-8,15-17H,9-14H2,1-4H3,(H,24,26). The van der Waals surface area contributed by atoms with Crippen LogP contribution in [0.1, 0.15) is 59.8 Å². The Morgan fingerprint density at radius 2 is 1.79 bits per heavy atom. The van der Waals surface area contributed by atoms with Gasteiger partial charge in [-0.3, -0.25) is 14.4 Å². The molecule has 158 valence electrons. The van der Waals surface area contributed by atoms with Crippen LogP contribution >= 0.6 is 0 Å². The number of benzene rings is 1. The van der Waals surface area contributed by atoms with Crippen LogP contribution in [-0.2, 0) is 19.1 Å². The van der Waals surface area contributed by atoms with Crippen LogP contribution in [0.4, 0.5) is 11.4 Å². The first kappa shape index (κ1) is 21.3. The van der Waals surface area contributed by atoms with Gasteiger partial charge in [0, 0.05) is 12.5 Å². The number of ether oxygens (including phenoxy) is 1. The monoisotopic (exact) mass is 400 g/mol. The Kier molecular flexibility index (Phi) is 6.30. The summed E-state index contributed by atoms with van der Waals surface area (Å²) in [6.45, 7) is 8.26. The topological polar surface area (TPSA) is 75.7 Å². The molecule has 0 bridgehead atoms. The third-order valence-corrected chi connectivity index (χ3v) is 6.25. The van der Waals surface area contributed by atoms with Gasteiger partial charge < -0.3 is 15.0 Å². The minimum atomic E-state index is -0.313. The third kappa shape index (κ3) is 4.98. The number of carbonyl (C=O) groups excluding carboxylic acids is 3. The van der Waals surface area contributed by atoms with E-state index in [0.717, 1.165) is 25.7 Å². The van der Waals surface area contributed by atoms with Crippen LogP contribution in [0.2, 0.25) is 0 Å². The summed E-state index contributed by atoms with van der Waals surface area (Å²) >= 11 is 0. The summed E-state index contributed by atoms with van der Waals surface area (Å²) in [6.07, 6.45) is 3.86. The van der Waals surface area contributed by atoms with Crippen LogP contribution in [0, 0.1) is 17.3 Å². The molecule has 0 spiro atoms. The molecule has 6 heteroatoms. The first-order valence-corrected chi connectivity index (χ1v) is 10.5. The second-order valence-corrected chi connectivity index (χ2v) is 9.40. The minimum absolute atomic E-state index is 0.126. The van der Waals surface area contributed by atoms with Crippen molar-refractivity contribution < 1.29 is 19.1 Å². The van der Waals surface area contributed by atoms with E-state index in [0.29, 0.717) is 17.3 Å². The summed E-state index contributed by atoms with van der Waals surface area (Å²) in [5, 5.41) is 2.83. The number of hydrogen-bond donors (Lipinski definition) is 1. The van der Waals surface area contributed by atoms with E-state index in [1.54, 1.807) is 17.0 Å². The van der Waals surface area contributed by atoms with Gasteiger partial charge in [0.2, 0.25) is 5.91 Å². The predicted molar refractivity (Wildman–Crippen MR) is 112 cm³/mol. The fourth-order valence-corrected chi connectivity index (χ4v) is 4.48. The molecule has 1 heterocycles. The second-order valence-electron chi connectivity index (χ2n) is 9.40. The molecular formula is C23H32N2O4. The molecule has 6 nitrogen and oxygen atoms in total. The van der Waals surface area contributed by atoms with Crippen LogP contribution in [0.25, 0.3) is 0 Å². The zero-order chi connectivity index (χ0) is 21.2. The maximum absolute atomic E-state index is 12.9.